The van der Waals surface area contributed by atoms with E-state index >= 15 is 0 Å². The van der Waals surface area contributed by atoms with Gasteiger partial charge in [0.2, 0.25) is 0 Å². The van der Waals surface area contributed by atoms with Crippen molar-refractivity contribution in [3.05, 3.63) is 16.4 Å². The van der Waals surface area contributed by atoms with Crippen molar-refractivity contribution in [3.63, 3.8) is 0 Å². The summed E-state index contributed by atoms with van der Waals surface area (Å²) < 4.78 is 5.48. The summed E-state index contributed by atoms with van der Waals surface area (Å²) in [5.74, 6) is 1.40. The van der Waals surface area contributed by atoms with Gasteiger partial charge in [0, 0.05) is 24.5 Å². The van der Waals surface area contributed by atoms with E-state index in [2.05, 4.69) is 28.8 Å². The molecule has 1 atom stereocenters. The summed E-state index contributed by atoms with van der Waals surface area (Å²) in [5, 5.41) is 3.53. The summed E-state index contributed by atoms with van der Waals surface area (Å²) in [6, 6.07) is 0. The normalized spacial score (nSPS) is 23.5. The van der Waals surface area contributed by atoms with Crippen molar-refractivity contribution in [2.24, 2.45) is 5.11 Å². The molecular weight excluding hydrogens is 180 g/mol. The molecule has 5 nitrogen and oxygen atoms in total. The van der Waals surface area contributed by atoms with Crippen molar-refractivity contribution in [2.75, 3.05) is 32.8 Å². The lowest BCUT2D eigenvalue weighted by atomic mass is 10.2. The molecule has 1 radical (unpaired) electrons. The predicted octanol–water partition coefficient (Wildman–Crippen LogP) is 1.61. The maximum atomic E-state index is 8.19. The van der Waals surface area contributed by atoms with Crippen LogP contribution in [0.4, 0.5) is 0 Å². The Morgan fingerprint density at radius 3 is 3.07 bits per heavy atom. The first kappa shape index (κ1) is 11.3. The first-order chi connectivity index (χ1) is 6.72. The minimum Gasteiger partial charge on any atom is -0.375 e. The van der Waals surface area contributed by atoms with Gasteiger partial charge in [0.1, 0.15) is 0 Å². The zero-order valence-electron chi connectivity index (χ0n) is 8.81. The molecule has 0 N–H and O–H groups in total. The van der Waals surface area contributed by atoms with Crippen molar-refractivity contribution in [2.45, 2.75) is 20.0 Å². The van der Waals surface area contributed by atoms with E-state index in [0.717, 1.165) is 26.2 Å². The second-order valence-corrected chi connectivity index (χ2v) is 3.85. The van der Waals surface area contributed by atoms with Gasteiger partial charge in [-0.05, 0) is 11.4 Å². The molecule has 79 valence electrons. The van der Waals surface area contributed by atoms with Gasteiger partial charge >= 0.3 is 0 Å². The minimum atomic E-state index is 0.0685. The molecular formula is C9H17N4O. The molecule has 1 aliphatic rings. The fourth-order valence-electron chi connectivity index (χ4n) is 1.61. The van der Waals surface area contributed by atoms with Crippen molar-refractivity contribution < 1.29 is 4.74 Å². The van der Waals surface area contributed by atoms with E-state index in [4.69, 9.17) is 10.3 Å². The van der Waals surface area contributed by atoms with Crippen LogP contribution < -0.4 is 0 Å². The van der Waals surface area contributed by atoms with Crippen molar-refractivity contribution >= 4 is 0 Å². The van der Waals surface area contributed by atoms with Crippen LogP contribution in [-0.4, -0.2) is 43.8 Å². The molecule has 0 aromatic carbocycles. The summed E-state index contributed by atoms with van der Waals surface area (Å²) in [7, 11) is 0. The molecule has 1 rings (SSSR count). The average Bonchev–Trinajstić information content (AvgIpc) is 2.14. The summed E-state index contributed by atoms with van der Waals surface area (Å²) >= 11 is 0. The van der Waals surface area contributed by atoms with E-state index < -0.39 is 0 Å². The van der Waals surface area contributed by atoms with Crippen LogP contribution in [0.5, 0.6) is 0 Å². The Labute approximate surface area is 84.7 Å². The smallest absolute Gasteiger partial charge is 0.0758 e. The zero-order valence-corrected chi connectivity index (χ0v) is 8.81. The first-order valence-electron chi connectivity index (χ1n) is 4.86. The van der Waals surface area contributed by atoms with Crippen LogP contribution >= 0.6 is 0 Å². The summed E-state index contributed by atoms with van der Waals surface area (Å²) in [4.78, 5) is 5.07. The van der Waals surface area contributed by atoms with Gasteiger partial charge in [-0.3, -0.25) is 4.90 Å². The fraction of sp³-hybridized carbons (Fsp3) is 0.889. The Hall–Kier alpha value is -0.770. The van der Waals surface area contributed by atoms with Crippen LogP contribution in [0.25, 0.3) is 10.4 Å². The van der Waals surface area contributed by atoms with Crippen LogP contribution in [0.1, 0.15) is 13.8 Å². The third kappa shape index (κ3) is 3.96. The third-order valence-corrected chi connectivity index (χ3v) is 2.11. The van der Waals surface area contributed by atoms with Gasteiger partial charge in [0.05, 0.1) is 19.3 Å². The molecule has 0 saturated carbocycles. The molecule has 0 spiro atoms. The molecule has 1 heterocycles. The minimum absolute atomic E-state index is 0.0685. The molecule has 1 aliphatic heterocycles. The van der Waals surface area contributed by atoms with Crippen molar-refractivity contribution in [1.82, 2.24) is 4.90 Å². The van der Waals surface area contributed by atoms with Crippen LogP contribution in [0.3, 0.4) is 0 Å². The van der Waals surface area contributed by atoms with Crippen molar-refractivity contribution in [1.29, 1.82) is 0 Å². The molecule has 1 fully saturated rings. The zero-order chi connectivity index (χ0) is 10.4. The molecule has 0 unspecified atom stereocenters. The van der Waals surface area contributed by atoms with Gasteiger partial charge < -0.3 is 4.74 Å². The molecule has 0 bridgehead atoms. The Kier molecular flexibility index (Phi) is 4.73. The van der Waals surface area contributed by atoms with E-state index in [1.54, 1.807) is 0 Å². The van der Waals surface area contributed by atoms with Gasteiger partial charge in [-0.1, -0.05) is 19.0 Å². The van der Waals surface area contributed by atoms with Gasteiger partial charge in [0.15, 0.2) is 0 Å². The second kappa shape index (κ2) is 5.86. The van der Waals surface area contributed by atoms with Gasteiger partial charge in [-0.2, -0.15) is 0 Å². The van der Waals surface area contributed by atoms with Crippen LogP contribution in [0, 0.1) is 5.92 Å². The van der Waals surface area contributed by atoms with E-state index in [1.807, 2.05) is 0 Å². The SMILES string of the molecule is C[C](C)CN1CCO[C@H](CN=[N+]=[N-])C1. The Morgan fingerprint density at radius 2 is 2.43 bits per heavy atom. The first-order valence-corrected chi connectivity index (χ1v) is 4.86. The highest BCUT2D eigenvalue weighted by Crippen LogP contribution is 2.08. The van der Waals surface area contributed by atoms with Gasteiger partial charge in [-0.15, -0.1) is 0 Å². The highest BCUT2D eigenvalue weighted by molar-refractivity contribution is 4.84. The fourth-order valence-corrected chi connectivity index (χ4v) is 1.61. The third-order valence-electron chi connectivity index (χ3n) is 2.11. The standard InChI is InChI=1S/C9H17N4O/c1-8(2)6-13-3-4-14-9(7-13)5-11-12-10/h9H,3-7H2,1-2H3/t9-/m1/s1. The topological polar surface area (TPSA) is 61.2 Å². The molecule has 5 heteroatoms. The average molecular weight is 197 g/mol. The highest BCUT2D eigenvalue weighted by atomic mass is 16.5. The van der Waals surface area contributed by atoms with Crippen LogP contribution in [0.15, 0.2) is 5.11 Å². The second-order valence-electron chi connectivity index (χ2n) is 3.85. The molecule has 0 aromatic rings. The van der Waals surface area contributed by atoms with Crippen LogP contribution in [0.2, 0.25) is 0 Å². The predicted molar refractivity (Wildman–Crippen MR) is 54.8 cm³/mol. The Morgan fingerprint density at radius 1 is 1.64 bits per heavy atom. The quantitative estimate of drug-likeness (QED) is 0.390. The molecule has 0 amide bonds. The number of azide groups is 1. The number of nitrogens with zero attached hydrogens (tertiary/aromatic N) is 4. The van der Waals surface area contributed by atoms with E-state index in [9.17, 15) is 0 Å². The summed E-state index contributed by atoms with van der Waals surface area (Å²) in [5.41, 5.74) is 8.19. The summed E-state index contributed by atoms with van der Waals surface area (Å²) in [6.45, 7) is 8.27. The van der Waals surface area contributed by atoms with Crippen LogP contribution in [-0.2, 0) is 4.74 Å². The Balaban J connectivity index is 2.31. The molecule has 0 aliphatic carbocycles. The molecule has 0 aromatic heterocycles. The molecule has 1 saturated heterocycles. The van der Waals surface area contributed by atoms with E-state index in [0.29, 0.717) is 6.54 Å². The van der Waals surface area contributed by atoms with Crippen molar-refractivity contribution in [3.8, 4) is 0 Å². The maximum Gasteiger partial charge on any atom is 0.0758 e. The number of rotatable bonds is 4. The highest BCUT2D eigenvalue weighted by Gasteiger charge is 2.19. The maximum absolute atomic E-state index is 8.19. The lowest BCUT2D eigenvalue weighted by Gasteiger charge is -2.33. The Bertz CT molecular complexity index is 213. The lowest BCUT2D eigenvalue weighted by molar-refractivity contribution is -0.0213. The molecule has 14 heavy (non-hydrogen) atoms. The number of hydrogen-bond donors (Lipinski definition) is 0. The lowest BCUT2D eigenvalue weighted by Crippen LogP contribution is -2.44. The van der Waals surface area contributed by atoms with Gasteiger partial charge in [0.25, 0.3) is 0 Å². The van der Waals surface area contributed by atoms with Gasteiger partial charge in [-0.25, -0.2) is 0 Å². The number of morpholine rings is 1. The monoisotopic (exact) mass is 197 g/mol. The summed E-state index contributed by atoms with van der Waals surface area (Å²) in [6.07, 6.45) is 0.0685. The number of hydrogen-bond acceptors (Lipinski definition) is 3. The van der Waals surface area contributed by atoms with E-state index in [-0.39, 0.29) is 6.10 Å². The largest absolute Gasteiger partial charge is 0.375 e. The van der Waals surface area contributed by atoms with E-state index in [1.165, 1.54) is 5.92 Å². The number of ether oxygens (including phenoxy) is 1.